The van der Waals surface area contributed by atoms with Gasteiger partial charge in [0.2, 0.25) is 0 Å². The van der Waals surface area contributed by atoms with Crippen LogP contribution < -0.4 is 0 Å². The van der Waals surface area contributed by atoms with Gasteiger partial charge < -0.3 is 0 Å². The Hall–Kier alpha value is -1.72. The lowest BCUT2D eigenvalue weighted by Gasteiger charge is -1.99. The molecule has 5 heteroatoms. The summed E-state index contributed by atoms with van der Waals surface area (Å²) in [7, 11) is 0. The summed E-state index contributed by atoms with van der Waals surface area (Å²) in [6.07, 6.45) is 0.872. The Morgan fingerprint density at radius 3 is 2.07 bits per heavy atom. The first-order chi connectivity index (χ1) is 7.08. The normalized spacial score (nSPS) is 8.87. The van der Waals surface area contributed by atoms with Crippen molar-refractivity contribution >= 4 is 22.0 Å². The van der Waals surface area contributed by atoms with Crippen molar-refractivity contribution < 1.29 is 8.78 Å². The van der Waals surface area contributed by atoms with Crippen LogP contribution in [0.4, 0.5) is 8.78 Å². The van der Waals surface area contributed by atoms with Crippen LogP contribution in [0, 0.1) is 34.3 Å². The average Bonchev–Trinajstić information content (AvgIpc) is 2.17. The third-order valence-electron chi connectivity index (χ3n) is 1.57. The van der Waals surface area contributed by atoms with Gasteiger partial charge in [0, 0.05) is 10.0 Å². The van der Waals surface area contributed by atoms with E-state index in [1.54, 1.807) is 0 Å². The highest BCUT2D eigenvalue weighted by molar-refractivity contribution is 9.10. The van der Waals surface area contributed by atoms with E-state index in [9.17, 15) is 8.78 Å². The number of hydrogen-bond donors (Lipinski definition) is 0. The van der Waals surface area contributed by atoms with E-state index in [0.29, 0.717) is 0 Å². The molecule has 1 aromatic carbocycles. The van der Waals surface area contributed by atoms with E-state index < -0.39 is 17.2 Å². The topological polar surface area (TPSA) is 47.6 Å². The summed E-state index contributed by atoms with van der Waals surface area (Å²) in [4.78, 5) is 0. The zero-order chi connectivity index (χ0) is 11.4. The molecule has 0 heterocycles. The van der Waals surface area contributed by atoms with Crippen LogP contribution in [-0.2, 0) is 0 Å². The van der Waals surface area contributed by atoms with E-state index in [-0.39, 0.29) is 10.0 Å². The second kappa shape index (κ2) is 4.68. The lowest BCUT2D eigenvalue weighted by atomic mass is 10.1. The molecule has 0 aromatic heterocycles. The maximum Gasteiger partial charge on any atom is 0.134 e. The Balaban J connectivity index is 3.36. The molecule has 15 heavy (non-hydrogen) atoms. The first kappa shape index (κ1) is 11.4. The Bertz CT molecular complexity index is 470. The van der Waals surface area contributed by atoms with E-state index in [4.69, 9.17) is 10.5 Å². The van der Waals surface area contributed by atoms with Crippen LogP contribution in [0.15, 0.2) is 22.2 Å². The van der Waals surface area contributed by atoms with Crippen molar-refractivity contribution in [1.82, 2.24) is 0 Å². The van der Waals surface area contributed by atoms with Crippen molar-refractivity contribution in [3.63, 3.8) is 0 Å². The van der Waals surface area contributed by atoms with E-state index in [2.05, 4.69) is 15.9 Å². The van der Waals surface area contributed by atoms with E-state index in [1.807, 2.05) is 0 Å². The molecular weight excluding hydrogens is 266 g/mol. The number of allylic oxidation sites excluding steroid dienone is 1. The lowest BCUT2D eigenvalue weighted by Crippen LogP contribution is -1.90. The fraction of sp³-hybridized carbons (Fsp3) is 0. The average molecular weight is 269 g/mol. The molecule has 1 rings (SSSR count). The molecule has 2 nitrogen and oxygen atoms in total. The molecule has 1 aromatic rings. The number of nitriles is 2. The van der Waals surface area contributed by atoms with Gasteiger partial charge in [-0.05, 0) is 18.2 Å². The van der Waals surface area contributed by atoms with Crippen LogP contribution in [0.5, 0.6) is 0 Å². The first-order valence-electron chi connectivity index (χ1n) is 3.75. The molecule has 0 N–H and O–H groups in total. The third-order valence-corrected chi connectivity index (χ3v) is 2.03. The predicted molar refractivity (Wildman–Crippen MR) is 53.3 cm³/mol. The zero-order valence-electron chi connectivity index (χ0n) is 7.26. The highest BCUT2D eigenvalue weighted by Crippen LogP contribution is 2.21. The van der Waals surface area contributed by atoms with Crippen LogP contribution in [0.25, 0.3) is 6.08 Å². The van der Waals surface area contributed by atoms with Gasteiger partial charge in [-0.1, -0.05) is 15.9 Å². The molecular formula is C10H3BrF2N2. The summed E-state index contributed by atoms with van der Waals surface area (Å²) in [6, 6.07) is 5.16. The Labute approximate surface area is 93.2 Å². The molecule has 0 saturated heterocycles. The molecule has 74 valence electrons. The molecule has 0 bridgehead atoms. The maximum atomic E-state index is 13.2. The maximum absolute atomic E-state index is 13.2. The van der Waals surface area contributed by atoms with Gasteiger partial charge >= 0.3 is 0 Å². The van der Waals surface area contributed by atoms with Crippen molar-refractivity contribution in [3.8, 4) is 12.1 Å². The fourth-order valence-electron chi connectivity index (χ4n) is 0.925. The van der Waals surface area contributed by atoms with Crippen molar-refractivity contribution in [2.45, 2.75) is 0 Å². The van der Waals surface area contributed by atoms with Gasteiger partial charge in [-0.2, -0.15) is 10.5 Å². The van der Waals surface area contributed by atoms with Crippen LogP contribution >= 0.6 is 15.9 Å². The number of halogens is 3. The van der Waals surface area contributed by atoms with Gasteiger partial charge in [0.25, 0.3) is 0 Å². The molecule has 0 aliphatic heterocycles. The van der Waals surface area contributed by atoms with Crippen LogP contribution in [0.2, 0.25) is 0 Å². The molecule has 0 unspecified atom stereocenters. The third kappa shape index (κ3) is 2.61. The highest BCUT2D eigenvalue weighted by atomic mass is 79.9. The molecule has 0 aliphatic carbocycles. The van der Waals surface area contributed by atoms with Gasteiger partial charge in [-0.25, -0.2) is 8.78 Å². The molecule has 0 amide bonds. The zero-order valence-corrected chi connectivity index (χ0v) is 8.85. The van der Waals surface area contributed by atoms with Gasteiger partial charge in [0.1, 0.15) is 29.3 Å². The smallest absolute Gasteiger partial charge is 0.134 e. The van der Waals surface area contributed by atoms with Gasteiger partial charge in [0.15, 0.2) is 0 Å². The minimum absolute atomic E-state index is 0.255. The van der Waals surface area contributed by atoms with Crippen LogP contribution in [0.3, 0.4) is 0 Å². The van der Waals surface area contributed by atoms with E-state index in [1.165, 1.54) is 12.1 Å². The van der Waals surface area contributed by atoms with E-state index in [0.717, 1.165) is 18.2 Å². The number of benzene rings is 1. The Morgan fingerprint density at radius 1 is 1.20 bits per heavy atom. The second-order valence-corrected chi connectivity index (χ2v) is 3.48. The minimum atomic E-state index is -0.829. The van der Waals surface area contributed by atoms with Gasteiger partial charge in [0.05, 0.1) is 0 Å². The highest BCUT2D eigenvalue weighted by Gasteiger charge is 2.09. The molecule has 0 aliphatic rings. The molecule has 0 radical (unpaired) electrons. The summed E-state index contributed by atoms with van der Waals surface area (Å²) < 4.78 is 26.7. The first-order valence-corrected chi connectivity index (χ1v) is 4.54. The Morgan fingerprint density at radius 2 is 1.67 bits per heavy atom. The van der Waals surface area contributed by atoms with Crippen molar-refractivity contribution in [1.29, 1.82) is 10.5 Å². The van der Waals surface area contributed by atoms with Crippen LogP contribution in [0.1, 0.15) is 5.56 Å². The van der Waals surface area contributed by atoms with Crippen molar-refractivity contribution in [3.05, 3.63) is 39.4 Å². The molecule has 0 saturated carbocycles. The van der Waals surface area contributed by atoms with E-state index >= 15 is 0 Å². The minimum Gasteiger partial charge on any atom is -0.206 e. The fourth-order valence-corrected chi connectivity index (χ4v) is 1.33. The summed E-state index contributed by atoms with van der Waals surface area (Å²) in [5, 5.41) is 16.9. The SMILES string of the molecule is N#CC(C#N)=Cc1c(F)cc(Br)cc1F. The standard InChI is InChI=1S/C10H3BrF2N2/c11-7-2-9(12)8(10(13)3-7)1-6(4-14)5-15/h1-3H. The number of rotatable bonds is 1. The summed E-state index contributed by atoms with van der Waals surface area (Å²) in [6.45, 7) is 0. The van der Waals surface area contributed by atoms with Crippen molar-refractivity contribution in [2.24, 2.45) is 0 Å². The van der Waals surface area contributed by atoms with Crippen LogP contribution in [-0.4, -0.2) is 0 Å². The number of nitrogens with zero attached hydrogens (tertiary/aromatic N) is 2. The summed E-state index contributed by atoms with van der Waals surface area (Å²) in [5.41, 5.74) is -0.744. The predicted octanol–water partition coefficient (Wildman–Crippen LogP) is 3.16. The monoisotopic (exact) mass is 268 g/mol. The Kier molecular flexibility index (Phi) is 3.54. The second-order valence-electron chi connectivity index (χ2n) is 2.56. The summed E-state index contributed by atoms with van der Waals surface area (Å²) in [5.74, 6) is -1.66. The molecule has 0 atom stereocenters. The van der Waals surface area contributed by atoms with Crippen molar-refractivity contribution in [2.75, 3.05) is 0 Å². The van der Waals surface area contributed by atoms with Gasteiger partial charge in [-0.15, -0.1) is 0 Å². The quantitative estimate of drug-likeness (QED) is 0.735. The molecule has 0 fully saturated rings. The summed E-state index contributed by atoms with van der Waals surface area (Å²) >= 11 is 2.92. The van der Waals surface area contributed by atoms with Gasteiger partial charge in [-0.3, -0.25) is 0 Å². The largest absolute Gasteiger partial charge is 0.206 e. The number of hydrogen-bond acceptors (Lipinski definition) is 2. The molecule has 0 spiro atoms. The lowest BCUT2D eigenvalue weighted by molar-refractivity contribution is 0.577.